The third kappa shape index (κ3) is 2.53. The van der Waals surface area contributed by atoms with Crippen molar-refractivity contribution in [1.82, 2.24) is 9.97 Å². The van der Waals surface area contributed by atoms with Gasteiger partial charge >= 0.3 is 0 Å². The summed E-state index contributed by atoms with van der Waals surface area (Å²) in [6.07, 6.45) is 2.96. The van der Waals surface area contributed by atoms with Crippen LogP contribution in [-0.2, 0) is 0 Å². The maximum atomic E-state index is 9.65. The molecule has 0 bridgehead atoms. The molecule has 0 aromatic carbocycles. The number of aromatic nitrogens is 2. The lowest BCUT2D eigenvalue weighted by molar-refractivity contribution is 0.182. The fraction of sp³-hybridized carbons (Fsp3) is 0.400. The average molecular weight is 176 g/mol. The van der Waals surface area contributed by atoms with E-state index in [1.807, 2.05) is 6.92 Å². The quantitative estimate of drug-likeness (QED) is 0.689. The summed E-state index contributed by atoms with van der Waals surface area (Å²) in [6.45, 7) is 3.60. The molecule has 0 aliphatic rings. The topological polar surface area (TPSA) is 46.0 Å². The van der Waals surface area contributed by atoms with Gasteiger partial charge in [-0.1, -0.05) is 0 Å². The third-order valence-corrected chi connectivity index (χ3v) is 1.78. The number of aliphatic hydroxyl groups excluding tert-OH is 1. The summed E-state index contributed by atoms with van der Waals surface area (Å²) < 4.78 is 0. The molecule has 1 rings (SSSR count). The van der Waals surface area contributed by atoms with Crippen molar-refractivity contribution in [2.45, 2.75) is 26.4 Å². The fourth-order valence-electron chi connectivity index (χ4n) is 1.04. The van der Waals surface area contributed by atoms with Crippen LogP contribution in [0.1, 0.15) is 30.7 Å². The van der Waals surface area contributed by atoms with Crippen LogP contribution in [0.2, 0.25) is 0 Å². The Bertz CT molecular complexity index is 338. The van der Waals surface area contributed by atoms with Crippen LogP contribution < -0.4 is 0 Å². The maximum absolute atomic E-state index is 9.65. The molecule has 3 nitrogen and oxygen atoms in total. The van der Waals surface area contributed by atoms with Crippen LogP contribution in [0.5, 0.6) is 0 Å². The highest BCUT2D eigenvalue weighted by molar-refractivity contribution is 5.18. The first-order chi connectivity index (χ1) is 6.25. The van der Waals surface area contributed by atoms with Crippen molar-refractivity contribution in [3.8, 4) is 11.8 Å². The molecule has 13 heavy (non-hydrogen) atoms. The van der Waals surface area contributed by atoms with Crippen molar-refractivity contribution in [2.75, 3.05) is 0 Å². The van der Waals surface area contributed by atoms with Gasteiger partial charge in [-0.2, -0.15) is 0 Å². The Hall–Kier alpha value is -1.40. The minimum atomic E-state index is -0.575. The number of hydrogen-bond donors (Lipinski definition) is 1. The summed E-state index contributed by atoms with van der Waals surface area (Å²) in [6, 6.07) is 0. The molecular formula is C10H12N2O. The van der Waals surface area contributed by atoms with Crippen LogP contribution >= 0.6 is 0 Å². The monoisotopic (exact) mass is 176 g/mol. The molecule has 0 saturated carbocycles. The molecule has 1 unspecified atom stereocenters. The van der Waals surface area contributed by atoms with Crippen LogP contribution in [0.25, 0.3) is 0 Å². The highest BCUT2D eigenvalue weighted by atomic mass is 16.3. The highest BCUT2D eigenvalue weighted by Crippen LogP contribution is 2.16. The van der Waals surface area contributed by atoms with Gasteiger partial charge in [-0.25, -0.2) is 9.97 Å². The molecule has 1 aromatic rings. The minimum absolute atomic E-state index is 0.435. The van der Waals surface area contributed by atoms with Gasteiger partial charge in [0, 0.05) is 23.9 Å². The van der Waals surface area contributed by atoms with Crippen LogP contribution in [0.4, 0.5) is 0 Å². The van der Waals surface area contributed by atoms with E-state index in [4.69, 9.17) is 0 Å². The van der Waals surface area contributed by atoms with E-state index in [1.165, 1.54) is 6.33 Å². The van der Waals surface area contributed by atoms with Gasteiger partial charge in [0.15, 0.2) is 0 Å². The smallest absolute Gasteiger partial charge is 0.115 e. The summed E-state index contributed by atoms with van der Waals surface area (Å²) >= 11 is 0. The third-order valence-electron chi connectivity index (χ3n) is 1.78. The molecule has 1 aromatic heterocycles. The Kier molecular flexibility index (Phi) is 3.41. The lowest BCUT2D eigenvalue weighted by atomic mass is 10.1. The van der Waals surface area contributed by atoms with Gasteiger partial charge in [-0.3, -0.25) is 0 Å². The first kappa shape index (κ1) is 9.69. The molecule has 1 heterocycles. The summed E-state index contributed by atoms with van der Waals surface area (Å²) in [5.74, 6) is 5.56. The molecule has 0 radical (unpaired) electrons. The van der Waals surface area contributed by atoms with Gasteiger partial charge in [0.1, 0.15) is 6.33 Å². The minimum Gasteiger partial charge on any atom is -0.387 e. The van der Waals surface area contributed by atoms with E-state index in [2.05, 4.69) is 21.8 Å². The molecule has 1 atom stereocenters. The average Bonchev–Trinajstić information content (AvgIpc) is 2.15. The van der Waals surface area contributed by atoms with Crippen molar-refractivity contribution < 1.29 is 5.11 Å². The molecule has 0 fully saturated rings. The van der Waals surface area contributed by atoms with Crippen molar-refractivity contribution in [1.29, 1.82) is 0 Å². The first-order valence-electron chi connectivity index (χ1n) is 4.10. The van der Waals surface area contributed by atoms with E-state index in [0.29, 0.717) is 6.42 Å². The predicted molar refractivity (Wildman–Crippen MR) is 49.8 cm³/mol. The van der Waals surface area contributed by atoms with E-state index in [1.54, 1.807) is 13.1 Å². The zero-order valence-corrected chi connectivity index (χ0v) is 7.78. The lowest BCUT2D eigenvalue weighted by Crippen LogP contribution is -2.01. The van der Waals surface area contributed by atoms with Crippen LogP contribution in [-0.4, -0.2) is 15.1 Å². The molecule has 0 spiro atoms. The zero-order chi connectivity index (χ0) is 9.68. The van der Waals surface area contributed by atoms with Crippen LogP contribution in [0.3, 0.4) is 0 Å². The summed E-state index contributed by atoms with van der Waals surface area (Å²) in [7, 11) is 0. The molecule has 0 aliphatic heterocycles. The van der Waals surface area contributed by atoms with E-state index >= 15 is 0 Å². The van der Waals surface area contributed by atoms with Gasteiger partial charge in [-0.05, 0) is 13.8 Å². The molecule has 1 N–H and O–H groups in total. The summed E-state index contributed by atoms with van der Waals surface area (Å²) in [5, 5.41) is 9.65. The van der Waals surface area contributed by atoms with Gasteiger partial charge in [0.2, 0.25) is 0 Å². The molecular weight excluding hydrogens is 164 g/mol. The Morgan fingerprint density at radius 1 is 1.62 bits per heavy atom. The van der Waals surface area contributed by atoms with E-state index in [0.717, 1.165) is 11.3 Å². The zero-order valence-electron chi connectivity index (χ0n) is 7.78. The first-order valence-corrected chi connectivity index (χ1v) is 4.10. The SMILES string of the molecule is CC#CCC(O)c1cncnc1C. The van der Waals surface area contributed by atoms with Gasteiger partial charge in [-0.15, -0.1) is 11.8 Å². The van der Waals surface area contributed by atoms with Crippen LogP contribution in [0, 0.1) is 18.8 Å². The summed E-state index contributed by atoms with van der Waals surface area (Å²) in [4.78, 5) is 7.84. The number of aliphatic hydroxyl groups is 1. The Morgan fingerprint density at radius 3 is 3.00 bits per heavy atom. The number of rotatable bonds is 2. The van der Waals surface area contributed by atoms with E-state index < -0.39 is 6.10 Å². The predicted octanol–water partition coefficient (Wildman–Crippen LogP) is 1.23. The molecule has 68 valence electrons. The van der Waals surface area contributed by atoms with Gasteiger partial charge in [0.25, 0.3) is 0 Å². The van der Waals surface area contributed by atoms with Gasteiger partial charge in [0.05, 0.1) is 6.10 Å². The highest BCUT2D eigenvalue weighted by Gasteiger charge is 2.09. The second kappa shape index (κ2) is 4.58. The van der Waals surface area contributed by atoms with Crippen molar-refractivity contribution in [3.05, 3.63) is 23.8 Å². The van der Waals surface area contributed by atoms with Gasteiger partial charge < -0.3 is 5.11 Å². The Labute approximate surface area is 77.9 Å². The normalized spacial score (nSPS) is 11.6. The Morgan fingerprint density at radius 2 is 2.38 bits per heavy atom. The Balaban J connectivity index is 2.80. The lowest BCUT2D eigenvalue weighted by Gasteiger charge is -2.08. The number of hydrogen-bond acceptors (Lipinski definition) is 3. The van der Waals surface area contributed by atoms with Crippen molar-refractivity contribution in [3.63, 3.8) is 0 Å². The maximum Gasteiger partial charge on any atom is 0.115 e. The van der Waals surface area contributed by atoms with E-state index in [9.17, 15) is 5.11 Å². The van der Waals surface area contributed by atoms with Crippen LogP contribution in [0.15, 0.2) is 12.5 Å². The molecule has 0 aliphatic carbocycles. The number of nitrogens with zero attached hydrogens (tertiary/aromatic N) is 2. The van der Waals surface area contributed by atoms with Crippen molar-refractivity contribution >= 4 is 0 Å². The number of aryl methyl sites for hydroxylation is 1. The molecule has 3 heteroatoms. The second-order valence-corrected chi connectivity index (χ2v) is 2.71. The molecule has 0 saturated heterocycles. The van der Waals surface area contributed by atoms with Crippen molar-refractivity contribution in [2.24, 2.45) is 0 Å². The summed E-state index contributed by atoms with van der Waals surface area (Å²) in [5.41, 5.74) is 1.56. The fourth-order valence-corrected chi connectivity index (χ4v) is 1.04. The standard InChI is InChI=1S/C10H12N2O/c1-3-4-5-10(13)9-6-11-7-12-8(9)2/h6-7,10,13H,5H2,1-2H3. The van der Waals surface area contributed by atoms with E-state index in [-0.39, 0.29) is 0 Å². The molecule has 0 amide bonds. The second-order valence-electron chi connectivity index (χ2n) is 2.71. The largest absolute Gasteiger partial charge is 0.387 e.